The van der Waals surface area contributed by atoms with E-state index < -0.39 is 5.97 Å². The molecule has 1 aromatic rings. The van der Waals surface area contributed by atoms with Gasteiger partial charge in [0.2, 0.25) is 0 Å². The summed E-state index contributed by atoms with van der Waals surface area (Å²) < 4.78 is 0. The van der Waals surface area contributed by atoms with E-state index in [1.54, 1.807) is 0 Å². The van der Waals surface area contributed by atoms with E-state index >= 15 is 0 Å². The first-order valence-electron chi connectivity index (χ1n) is 6.23. The van der Waals surface area contributed by atoms with Gasteiger partial charge in [-0.1, -0.05) is 6.07 Å². The maximum absolute atomic E-state index is 11.9. The molecule has 2 rings (SSSR count). The molecule has 0 bridgehead atoms. The van der Waals surface area contributed by atoms with Crippen molar-refractivity contribution in [3.63, 3.8) is 0 Å². The van der Waals surface area contributed by atoms with Gasteiger partial charge in [-0.05, 0) is 38.1 Å². The van der Waals surface area contributed by atoms with E-state index in [1.807, 2.05) is 0 Å². The highest BCUT2D eigenvalue weighted by atomic mass is 16.4. The van der Waals surface area contributed by atoms with Crippen molar-refractivity contribution >= 4 is 11.9 Å². The summed E-state index contributed by atoms with van der Waals surface area (Å²) in [5.41, 5.74) is 0.0273. The third-order valence-corrected chi connectivity index (χ3v) is 3.24. The molecule has 1 amide bonds. The predicted molar refractivity (Wildman–Crippen MR) is 69.1 cm³/mol. The molecule has 1 atom stereocenters. The summed E-state index contributed by atoms with van der Waals surface area (Å²) in [4.78, 5) is 28.7. The fourth-order valence-corrected chi connectivity index (χ4v) is 2.20. The van der Waals surface area contributed by atoms with Crippen LogP contribution < -0.4 is 5.32 Å². The molecule has 2 heterocycles. The van der Waals surface area contributed by atoms with E-state index in [0.717, 1.165) is 19.5 Å². The van der Waals surface area contributed by atoms with Gasteiger partial charge in [-0.2, -0.15) is 0 Å². The molecule has 102 valence electrons. The topological polar surface area (TPSA) is 82.5 Å². The molecule has 1 fully saturated rings. The Morgan fingerprint density at radius 3 is 2.84 bits per heavy atom. The van der Waals surface area contributed by atoms with Crippen LogP contribution in [0.4, 0.5) is 0 Å². The van der Waals surface area contributed by atoms with E-state index in [9.17, 15) is 9.59 Å². The van der Waals surface area contributed by atoms with Gasteiger partial charge in [-0.15, -0.1) is 0 Å². The molecule has 2 N–H and O–H groups in total. The molecule has 1 aromatic heterocycles. The second-order valence-electron chi connectivity index (χ2n) is 4.84. The summed E-state index contributed by atoms with van der Waals surface area (Å²) in [5.74, 6) is -0.999. The summed E-state index contributed by atoms with van der Waals surface area (Å²) >= 11 is 0. The fraction of sp³-hybridized carbons (Fsp3) is 0.462. The van der Waals surface area contributed by atoms with Crippen molar-refractivity contribution in [1.82, 2.24) is 15.2 Å². The second kappa shape index (κ2) is 5.79. The number of amides is 1. The number of carbonyl (C=O) groups excluding carboxylic acids is 1. The average Bonchev–Trinajstić information content (AvgIpc) is 2.82. The molecule has 1 aliphatic rings. The minimum absolute atomic E-state index is 0.117. The highest BCUT2D eigenvalue weighted by Gasteiger charge is 2.20. The van der Waals surface area contributed by atoms with Crippen LogP contribution in [-0.2, 0) is 0 Å². The van der Waals surface area contributed by atoms with E-state index in [2.05, 4.69) is 22.2 Å². The lowest BCUT2D eigenvalue weighted by Crippen LogP contribution is -2.31. The van der Waals surface area contributed by atoms with Gasteiger partial charge in [-0.25, -0.2) is 9.78 Å². The zero-order valence-electron chi connectivity index (χ0n) is 10.8. The van der Waals surface area contributed by atoms with Crippen molar-refractivity contribution in [3.05, 3.63) is 29.6 Å². The van der Waals surface area contributed by atoms with Gasteiger partial charge in [0.05, 0.1) is 0 Å². The molecular weight excluding hydrogens is 246 g/mol. The quantitative estimate of drug-likeness (QED) is 0.824. The zero-order chi connectivity index (χ0) is 13.8. The average molecular weight is 263 g/mol. The lowest BCUT2D eigenvalue weighted by atomic mass is 10.1. The normalized spacial score (nSPS) is 19.3. The number of aromatic carboxylic acids is 1. The van der Waals surface area contributed by atoms with Gasteiger partial charge in [0.1, 0.15) is 11.4 Å². The minimum atomic E-state index is -1.13. The van der Waals surface area contributed by atoms with E-state index in [-0.39, 0.29) is 17.3 Å². The number of carboxylic acids is 1. The van der Waals surface area contributed by atoms with E-state index in [4.69, 9.17) is 5.11 Å². The number of pyridine rings is 1. The van der Waals surface area contributed by atoms with Crippen LogP contribution in [0, 0.1) is 5.92 Å². The molecule has 6 heteroatoms. The molecule has 0 spiro atoms. The van der Waals surface area contributed by atoms with Crippen molar-refractivity contribution in [2.45, 2.75) is 6.42 Å². The monoisotopic (exact) mass is 263 g/mol. The second-order valence-corrected chi connectivity index (χ2v) is 4.84. The van der Waals surface area contributed by atoms with E-state index in [1.165, 1.54) is 18.2 Å². The molecule has 1 saturated heterocycles. The van der Waals surface area contributed by atoms with Gasteiger partial charge >= 0.3 is 5.97 Å². The zero-order valence-corrected chi connectivity index (χ0v) is 10.8. The van der Waals surface area contributed by atoms with Crippen LogP contribution in [0.3, 0.4) is 0 Å². The van der Waals surface area contributed by atoms with Crippen molar-refractivity contribution in [1.29, 1.82) is 0 Å². The number of aromatic nitrogens is 1. The number of hydrogen-bond donors (Lipinski definition) is 2. The number of rotatable bonds is 4. The van der Waals surface area contributed by atoms with Crippen LogP contribution in [0.2, 0.25) is 0 Å². The standard InChI is InChI=1S/C13H17N3O3/c1-16-6-5-9(8-16)7-14-12(17)10-3-2-4-11(15-10)13(18)19/h2-4,9H,5-8H2,1H3,(H,14,17)(H,18,19). The number of hydrogen-bond acceptors (Lipinski definition) is 4. The minimum Gasteiger partial charge on any atom is -0.477 e. The highest BCUT2D eigenvalue weighted by molar-refractivity contribution is 5.94. The largest absolute Gasteiger partial charge is 0.477 e. The first-order chi connectivity index (χ1) is 9.06. The molecule has 0 aromatic carbocycles. The van der Waals surface area contributed by atoms with Gasteiger partial charge < -0.3 is 15.3 Å². The smallest absolute Gasteiger partial charge is 0.354 e. The fourth-order valence-electron chi connectivity index (χ4n) is 2.20. The maximum atomic E-state index is 11.9. The number of carbonyl (C=O) groups is 2. The summed E-state index contributed by atoms with van der Waals surface area (Å²) in [7, 11) is 2.06. The summed E-state index contributed by atoms with van der Waals surface area (Å²) in [6, 6.07) is 4.41. The molecule has 1 aliphatic heterocycles. The Morgan fingerprint density at radius 2 is 2.21 bits per heavy atom. The number of nitrogens with zero attached hydrogens (tertiary/aromatic N) is 2. The molecule has 0 saturated carbocycles. The van der Waals surface area contributed by atoms with Crippen LogP contribution in [0.25, 0.3) is 0 Å². The summed E-state index contributed by atoms with van der Waals surface area (Å²) in [6.07, 6.45) is 1.07. The van der Waals surface area contributed by atoms with E-state index in [0.29, 0.717) is 12.5 Å². The first-order valence-corrected chi connectivity index (χ1v) is 6.23. The van der Waals surface area contributed by atoms with Crippen molar-refractivity contribution in [2.75, 3.05) is 26.7 Å². The Balaban J connectivity index is 1.92. The highest BCUT2D eigenvalue weighted by Crippen LogP contribution is 2.13. The van der Waals surface area contributed by atoms with Crippen LogP contribution in [0.15, 0.2) is 18.2 Å². The van der Waals surface area contributed by atoms with Crippen molar-refractivity contribution in [3.8, 4) is 0 Å². The Kier molecular flexibility index (Phi) is 4.11. The number of nitrogens with one attached hydrogen (secondary N) is 1. The Hall–Kier alpha value is -1.95. The van der Waals surface area contributed by atoms with Crippen molar-refractivity contribution < 1.29 is 14.7 Å². The van der Waals surface area contributed by atoms with Gasteiger partial charge in [0.25, 0.3) is 5.91 Å². The molecule has 0 radical (unpaired) electrons. The van der Waals surface area contributed by atoms with Gasteiger partial charge in [0, 0.05) is 13.1 Å². The molecule has 0 aliphatic carbocycles. The first kappa shape index (κ1) is 13.5. The van der Waals surface area contributed by atoms with Crippen LogP contribution in [0.1, 0.15) is 27.4 Å². The van der Waals surface area contributed by atoms with Crippen LogP contribution in [-0.4, -0.2) is 53.5 Å². The number of carboxylic acid groups (broad SMARTS) is 1. The predicted octanol–water partition coefficient (Wildman–Crippen LogP) is 0.461. The lowest BCUT2D eigenvalue weighted by molar-refractivity contribution is 0.0690. The number of likely N-dealkylation sites (tertiary alicyclic amines) is 1. The summed E-state index contributed by atoms with van der Waals surface area (Å²) in [5, 5.41) is 11.6. The lowest BCUT2D eigenvalue weighted by Gasteiger charge is -2.11. The van der Waals surface area contributed by atoms with Gasteiger partial charge in [-0.3, -0.25) is 4.79 Å². The molecule has 1 unspecified atom stereocenters. The Bertz CT molecular complexity index is 490. The Morgan fingerprint density at radius 1 is 1.47 bits per heavy atom. The Labute approximate surface area is 111 Å². The summed E-state index contributed by atoms with van der Waals surface area (Å²) in [6.45, 7) is 2.62. The molecule has 19 heavy (non-hydrogen) atoms. The maximum Gasteiger partial charge on any atom is 0.354 e. The SMILES string of the molecule is CN1CCC(CNC(=O)c2cccc(C(=O)O)n2)C1. The van der Waals surface area contributed by atoms with Gasteiger partial charge in [0.15, 0.2) is 0 Å². The molecule has 6 nitrogen and oxygen atoms in total. The van der Waals surface area contributed by atoms with Crippen LogP contribution in [0.5, 0.6) is 0 Å². The third kappa shape index (κ3) is 3.51. The molecular formula is C13H17N3O3. The van der Waals surface area contributed by atoms with Crippen LogP contribution >= 0.6 is 0 Å². The third-order valence-electron chi connectivity index (χ3n) is 3.24. The van der Waals surface area contributed by atoms with Crippen molar-refractivity contribution in [2.24, 2.45) is 5.92 Å².